The second kappa shape index (κ2) is 8.45. The topological polar surface area (TPSA) is 32.7 Å². The minimum atomic E-state index is 0.155. The molecule has 3 heteroatoms. The predicted octanol–water partition coefficient (Wildman–Crippen LogP) is 1.98. The van der Waals surface area contributed by atoms with Crippen LogP contribution in [0.15, 0.2) is 23.3 Å². The van der Waals surface area contributed by atoms with E-state index in [1.807, 2.05) is 6.08 Å². The number of ether oxygens (including phenoxy) is 1. The molecule has 0 bridgehead atoms. The van der Waals surface area contributed by atoms with Gasteiger partial charge in [0.05, 0.1) is 19.8 Å². The van der Waals surface area contributed by atoms with Crippen molar-refractivity contribution in [3.63, 3.8) is 0 Å². The van der Waals surface area contributed by atoms with Crippen LogP contribution < -0.4 is 0 Å². The summed E-state index contributed by atoms with van der Waals surface area (Å²) < 4.78 is 5.33. The van der Waals surface area contributed by atoms with Crippen molar-refractivity contribution in [1.82, 2.24) is 4.90 Å². The van der Waals surface area contributed by atoms with Gasteiger partial charge in [-0.15, -0.1) is 0 Å². The zero-order valence-corrected chi connectivity index (χ0v) is 11.1. The van der Waals surface area contributed by atoms with Gasteiger partial charge in [0.15, 0.2) is 0 Å². The third kappa shape index (κ3) is 6.61. The standard InChI is InChI=1S/C14H25NO2/c1-13(6-9-16)4-3-5-14(2)12-15-7-10-17-11-8-15/h5-6,16H,3-4,7-12H2,1-2H3/b13-6+,14-5+. The summed E-state index contributed by atoms with van der Waals surface area (Å²) >= 11 is 0. The Morgan fingerprint density at radius 3 is 2.53 bits per heavy atom. The molecule has 0 amide bonds. The van der Waals surface area contributed by atoms with Crippen molar-refractivity contribution in [3.8, 4) is 0 Å². The van der Waals surface area contributed by atoms with Crippen molar-refractivity contribution in [2.24, 2.45) is 0 Å². The van der Waals surface area contributed by atoms with Crippen LogP contribution in [0.25, 0.3) is 0 Å². The van der Waals surface area contributed by atoms with Crippen LogP contribution in [0.1, 0.15) is 26.7 Å². The third-order valence-electron chi connectivity index (χ3n) is 3.05. The van der Waals surface area contributed by atoms with E-state index in [1.54, 1.807) is 0 Å². The molecule has 1 rings (SSSR count). The summed E-state index contributed by atoms with van der Waals surface area (Å²) in [5, 5.41) is 8.75. The monoisotopic (exact) mass is 239 g/mol. The fourth-order valence-corrected chi connectivity index (χ4v) is 1.98. The smallest absolute Gasteiger partial charge is 0.0614 e. The first-order chi connectivity index (χ1) is 8.22. The Kier molecular flexibility index (Phi) is 7.17. The lowest BCUT2D eigenvalue weighted by molar-refractivity contribution is 0.0422. The maximum atomic E-state index is 8.75. The van der Waals surface area contributed by atoms with Crippen LogP contribution in [-0.4, -0.2) is 49.5 Å². The van der Waals surface area contributed by atoms with E-state index in [4.69, 9.17) is 9.84 Å². The van der Waals surface area contributed by atoms with Gasteiger partial charge >= 0.3 is 0 Å². The van der Waals surface area contributed by atoms with Crippen LogP contribution in [0, 0.1) is 0 Å². The summed E-state index contributed by atoms with van der Waals surface area (Å²) in [7, 11) is 0. The minimum absolute atomic E-state index is 0.155. The largest absolute Gasteiger partial charge is 0.392 e. The molecule has 0 radical (unpaired) electrons. The van der Waals surface area contributed by atoms with Crippen LogP contribution in [0.5, 0.6) is 0 Å². The summed E-state index contributed by atoms with van der Waals surface area (Å²) in [6.45, 7) is 9.32. The Balaban J connectivity index is 2.21. The first-order valence-electron chi connectivity index (χ1n) is 6.44. The molecule has 98 valence electrons. The highest BCUT2D eigenvalue weighted by Gasteiger charge is 2.09. The zero-order chi connectivity index (χ0) is 12.5. The number of hydrogen-bond acceptors (Lipinski definition) is 3. The average Bonchev–Trinajstić information content (AvgIpc) is 2.30. The number of nitrogens with zero attached hydrogens (tertiary/aromatic N) is 1. The maximum Gasteiger partial charge on any atom is 0.0614 e. The number of aliphatic hydroxyl groups excluding tert-OH is 1. The maximum absolute atomic E-state index is 8.75. The number of aliphatic hydroxyl groups is 1. The van der Waals surface area contributed by atoms with Crippen molar-refractivity contribution in [2.75, 3.05) is 39.5 Å². The Bertz CT molecular complexity index is 265. The second-order valence-corrected chi connectivity index (χ2v) is 4.71. The van der Waals surface area contributed by atoms with Crippen molar-refractivity contribution < 1.29 is 9.84 Å². The molecule has 1 fully saturated rings. The lowest BCUT2D eigenvalue weighted by Gasteiger charge is -2.26. The SMILES string of the molecule is C/C(=C\CO)CC/C=C(\C)CN1CCOCC1. The summed E-state index contributed by atoms with van der Waals surface area (Å²) in [5.74, 6) is 0. The van der Waals surface area contributed by atoms with Crippen molar-refractivity contribution in [1.29, 1.82) is 0 Å². The summed E-state index contributed by atoms with van der Waals surface area (Å²) in [6, 6.07) is 0. The summed E-state index contributed by atoms with van der Waals surface area (Å²) in [6.07, 6.45) is 6.30. The molecule has 0 spiro atoms. The van der Waals surface area contributed by atoms with Gasteiger partial charge in [0.1, 0.15) is 0 Å². The van der Waals surface area contributed by atoms with Crippen LogP contribution in [0.2, 0.25) is 0 Å². The van der Waals surface area contributed by atoms with Gasteiger partial charge in [-0.3, -0.25) is 4.90 Å². The highest BCUT2D eigenvalue weighted by Crippen LogP contribution is 2.08. The van der Waals surface area contributed by atoms with Crippen LogP contribution in [-0.2, 0) is 4.74 Å². The lowest BCUT2D eigenvalue weighted by Crippen LogP contribution is -2.37. The average molecular weight is 239 g/mol. The Labute approximate surface area is 105 Å². The van der Waals surface area contributed by atoms with E-state index in [9.17, 15) is 0 Å². The van der Waals surface area contributed by atoms with E-state index in [0.717, 1.165) is 45.7 Å². The molecule has 1 heterocycles. The molecule has 1 aliphatic rings. The molecule has 1 aliphatic heterocycles. The van der Waals surface area contributed by atoms with Crippen molar-refractivity contribution in [3.05, 3.63) is 23.3 Å². The normalized spacial score (nSPS) is 19.7. The van der Waals surface area contributed by atoms with E-state index >= 15 is 0 Å². The van der Waals surface area contributed by atoms with E-state index in [0.29, 0.717) is 0 Å². The number of morpholine rings is 1. The molecular weight excluding hydrogens is 214 g/mol. The first kappa shape index (κ1) is 14.4. The van der Waals surface area contributed by atoms with Gasteiger partial charge in [0, 0.05) is 19.6 Å². The number of hydrogen-bond donors (Lipinski definition) is 1. The predicted molar refractivity (Wildman–Crippen MR) is 71.1 cm³/mol. The molecule has 17 heavy (non-hydrogen) atoms. The minimum Gasteiger partial charge on any atom is -0.392 e. The van der Waals surface area contributed by atoms with Gasteiger partial charge in [0.2, 0.25) is 0 Å². The van der Waals surface area contributed by atoms with Gasteiger partial charge in [-0.1, -0.05) is 23.3 Å². The van der Waals surface area contributed by atoms with Crippen molar-refractivity contribution >= 4 is 0 Å². The molecule has 3 nitrogen and oxygen atoms in total. The van der Waals surface area contributed by atoms with Crippen LogP contribution in [0.4, 0.5) is 0 Å². The van der Waals surface area contributed by atoms with Crippen LogP contribution in [0.3, 0.4) is 0 Å². The third-order valence-corrected chi connectivity index (χ3v) is 3.05. The highest BCUT2D eigenvalue weighted by molar-refractivity contribution is 5.05. The van der Waals surface area contributed by atoms with E-state index in [1.165, 1.54) is 11.1 Å². The van der Waals surface area contributed by atoms with Gasteiger partial charge in [-0.2, -0.15) is 0 Å². The number of rotatable bonds is 6. The molecule has 1 N–H and O–H groups in total. The molecule has 0 aromatic rings. The molecule has 0 saturated carbocycles. The molecule has 0 atom stereocenters. The van der Waals surface area contributed by atoms with Gasteiger partial charge in [-0.05, 0) is 26.7 Å². The Hall–Kier alpha value is -0.640. The van der Waals surface area contributed by atoms with Gasteiger partial charge in [0.25, 0.3) is 0 Å². The van der Waals surface area contributed by atoms with E-state index < -0.39 is 0 Å². The molecule has 0 aliphatic carbocycles. The molecule has 1 saturated heterocycles. The Morgan fingerprint density at radius 2 is 1.88 bits per heavy atom. The molecule has 0 aromatic heterocycles. The fourth-order valence-electron chi connectivity index (χ4n) is 1.98. The number of allylic oxidation sites excluding steroid dienone is 2. The van der Waals surface area contributed by atoms with Crippen LogP contribution >= 0.6 is 0 Å². The molecular formula is C14H25NO2. The quantitative estimate of drug-likeness (QED) is 0.719. The van der Waals surface area contributed by atoms with Crippen molar-refractivity contribution in [2.45, 2.75) is 26.7 Å². The van der Waals surface area contributed by atoms with E-state index in [2.05, 4.69) is 24.8 Å². The lowest BCUT2D eigenvalue weighted by atomic mass is 10.1. The van der Waals surface area contributed by atoms with Gasteiger partial charge < -0.3 is 9.84 Å². The zero-order valence-electron chi connectivity index (χ0n) is 11.1. The first-order valence-corrected chi connectivity index (χ1v) is 6.44. The van der Waals surface area contributed by atoms with Gasteiger partial charge in [-0.25, -0.2) is 0 Å². The van der Waals surface area contributed by atoms with E-state index in [-0.39, 0.29) is 6.61 Å². The Morgan fingerprint density at radius 1 is 1.18 bits per heavy atom. The molecule has 0 aromatic carbocycles. The second-order valence-electron chi connectivity index (χ2n) is 4.71. The summed E-state index contributed by atoms with van der Waals surface area (Å²) in [5.41, 5.74) is 2.70. The fraction of sp³-hybridized carbons (Fsp3) is 0.714. The summed E-state index contributed by atoms with van der Waals surface area (Å²) in [4.78, 5) is 2.44. The highest BCUT2D eigenvalue weighted by atomic mass is 16.5. The molecule has 0 unspecified atom stereocenters.